The molecule has 14 heavy (non-hydrogen) atoms. The Morgan fingerprint density at radius 1 is 1.36 bits per heavy atom. The number of nitrogens with two attached hydrogens (primary N) is 2. The van der Waals surface area contributed by atoms with E-state index >= 15 is 0 Å². The maximum atomic E-state index is 5.57. The van der Waals surface area contributed by atoms with Crippen LogP contribution in [0.25, 0.3) is 10.6 Å². The fourth-order valence-electron chi connectivity index (χ4n) is 1.17. The minimum Gasteiger partial charge on any atom is -0.368 e. The number of anilines is 1. The highest BCUT2D eigenvalue weighted by atomic mass is 32.1. The van der Waals surface area contributed by atoms with Gasteiger partial charge in [-0.05, 0) is 17.5 Å². The Balaban J connectivity index is 2.48. The van der Waals surface area contributed by atoms with Gasteiger partial charge in [0.15, 0.2) is 0 Å². The molecule has 0 aliphatic heterocycles. The van der Waals surface area contributed by atoms with E-state index in [-0.39, 0.29) is 5.95 Å². The molecule has 0 radical (unpaired) electrons. The van der Waals surface area contributed by atoms with Crippen molar-refractivity contribution in [1.82, 2.24) is 9.97 Å². The summed E-state index contributed by atoms with van der Waals surface area (Å²) in [4.78, 5) is 9.23. The van der Waals surface area contributed by atoms with Gasteiger partial charge in [-0.3, -0.25) is 0 Å². The van der Waals surface area contributed by atoms with E-state index in [0.717, 1.165) is 16.3 Å². The van der Waals surface area contributed by atoms with Crippen LogP contribution in [-0.4, -0.2) is 9.97 Å². The molecule has 0 amide bonds. The Kier molecular flexibility index (Phi) is 2.43. The van der Waals surface area contributed by atoms with Gasteiger partial charge in [0.05, 0.1) is 16.3 Å². The molecule has 0 atom stereocenters. The summed E-state index contributed by atoms with van der Waals surface area (Å²) in [5.41, 5.74) is 12.7. The lowest BCUT2D eigenvalue weighted by molar-refractivity contribution is 0.975. The molecule has 2 aromatic heterocycles. The molecule has 0 aliphatic carbocycles. The predicted molar refractivity (Wildman–Crippen MR) is 57.6 cm³/mol. The molecule has 0 unspecified atom stereocenters. The van der Waals surface area contributed by atoms with Crippen molar-refractivity contribution in [2.24, 2.45) is 5.73 Å². The van der Waals surface area contributed by atoms with Crippen molar-refractivity contribution in [3.8, 4) is 10.6 Å². The van der Waals surface area contributed by atoms with E-state index in [1.54, 1.807) is 11.3 Å². The average molecular weight is 206 g/mol. The van der Waals surface area contributed by atoms with Crippen molar-refractivity contribution >= 4 is 17.3 Å². The smallest absolute Gasteiger partial charge is 0.220 e. The molecule has 0 saturated carbocycles. The summed E-state index contributed by atoms with van der Waals surface area (Å²) in [7, 11) is 0. The topological polar surface area (TPSA) is 77.8 Å². The molecule has 0 aromatic carbocycles. The molecule has 5 heteroatoms. The average Bonchev–Trinajstić information content (AvgIpc) is 2.69. The van der Waals surface area contributed by atoms with Gasteiger partial charge in [-0.2, -0.15) is 0 Å². The van der Waals surface area contributed by atoms with E-state index < -0.39 is 0 Å². The van der Waals surface area contributed by atoms with Gasteiger partial charge in [-0.25, -0.2) is 9.97 Å². The SMILES string of the molecule is NCc1cc(-c2cccs2)nc(N)n1. The molecule has 2 rings (SSSR count). The van der Waals surface area contributed by atoms with E-state index in [2.05, 4.69) is 9.97 Å². The Labute approximate surface area is 85.6 Å². The summed E-state index contributed by atoms with van der Waals surface area (Å²) < 4.78 is 0. The minimum absolute atomic E-state index is 0.274. The molecule has 4 nitrogen and oxygen atoms in total. The van der Waals surface area contributed by atoms with Gasteiger partial charge in [-0.1, -0.05) is 6.07 Å². The predicted octanol–water partition coefficient (Wildman–Crippen LogP) is 1.25. The summed E-state index contributed by atoms with van der Waals surface area (Å²) in [6.45, 7) is 0.380. The maximum absolute atomic E-state index is 5.57. The zero-order valence-electron chi connectivity index (χ0n) is 7.47. The van der Waals surface area contributed by atoms with Crippen molar-refractivity contribution in [2.75, 3.05) is 5.73 Å². The van der Waals surface area contributed by atoms with Gasteiger partial charge < -0.3 is 11.5 Å². The van der Waals surface area contributed by atoms with E-state index in [1.165, 1.54) is 0 Å². The highest BCUT2D eigenvalue weighted by Gasteiger charge is 2.04. The maximum Gasteiger partial charge on any atom is 0.220 e. The van der Waals surface area contributed by atoms with E-state index in [9.17, 15) is 0 Å². The molecule has 4 N–H and O–H groups in total. The van der Waals surface area contributed by atoms with Gasteiger partial charge >= 0.3 is 0 Å². The lowest BCUT2D eigenvalue weighted by atomic mass is 10.3. The van der Waals surface area contributed by atoms with Crippen LogP contribution in [0.4, 0.5) is 5.95 Å². The van der Waals surface area contributed by atoms with Crippen molar-refractivity contribution in [3.05, 3.63) is 29.3 Å². The molecule has 72 valence electrons. The van der Waals surface area contributed by atoms with Crippen LogP contribution in [0, 0.1) is 0 Å². The normalized spacial score (nSPS) is 10.4. The first kappa shape index (κ1) is 9.11. The number of aromatic nitrogens is 2. The summed E-state index contributed by atoms with van der Waals surface area (Å²) in [5, 5.41) is 2.00. The molecule has 0 spiro atoms. The summed E-state index contributed by atoms with van der Waals surface area (Å²) in [6, 6.07) is 5.83. The van der Waals surface area contributed by atoms with Crippen LogP contribution in [0.1, 0.15) is 5.69 Å². The lowest BCUT2D eigenvalue weighted by Gasteiger charge is -2.01. The summed E-state index contributed by atoms with van der Waals surface area (Å²) >= 11 is 1.62. The highest BCUT2D eigenvalue weighted by Crippen LogP contribution is 2.23. The van der Waals surface area contributed by atoms with E-state index in [0.29, 0.717) is 6.54 Å². The fourth-order valence-corrected chi connectivity index (χ4v) is 1.86. The van der Waals surface area contributed by atoms with Crippen LogP contribution in [0.15, 0.2) is 23.6 Å². The molecule has 2 aromatic rings. The Bertz CT molecular complexity index is 424. The van der Waals surface area contributed by atoms with E-state index in [1.807, 2.05) is 23.6 Å². The number of hydrogen-bond donors (Lipinski definition) is 2. The molecule has 0 saturated heterocycles. The second-order valence-corrected chi connectivity index (χ2v) is 3.73. The quantitative estimate of drug-likeness (QED) is 0.775. The van der Waals surface area contributed by atoms with Crippen molar-refractivity contribution in [2.45, 2.75) is 6.54 Å². The number of nitrogen functional groups attached to an aromatic ring is 1. The third-order valence-corrected chi connectivity index (χ3v) is 2.67. The fraction of sp³-hybridized carbons (Fsp3) is 0.111. The van der Waals surface area contributed by atoms with Gasteiger partial charge in [-0.15, -0.1) is 11.3 Å². The minimum atomic E-state index is 0.274. The number of nitrogens with zero attached hydrogens (tertiary/aromatic N) is 2. The first-order chi connectivity index (χ1) is 6.79. The van der Waals surface area contributed by atoms with Crippen LogP contribution in [-0.2, 0) is 6.54 Å². The summed E-state index contributed by atoms with van der Waals surface area (Å²) in [6.07, 6.45) is 0. The van der Waals surface area contributed by atoms with E-state index in [4.69, 9.17) is 11.5 Å². The van der Waals surface area contributed by atoms with Gasteiger partial charge in [0.1, 0.15) is 0 Å². The Morgan fingerprint density at radius 3 is 2.86 bits per heavy atom. The van der Waals surface area contributed by atoms with Gasteiger partial charge in [0, 0.05) is 6.54 Å². The number of thiophene rings is 1. The number of hydrogen-bond acceptors (Lipinski definition) is 5. The molecule has 0 bridgehead atoms. The first-order valence-electron chi connectivity index (χ1n) is 4.17. The van der Waals surface area contributed by atoms with Crippen molar-refractivity contribution in [3.63, 3.8) is 0 Å². The third-order valence-electron chi connectivity index (χ3n) is 1.78. The van der Waals surface area contributed by atoms with Crippen LogP contribution in [0.2, 0.25) is 0 Å². The van der Waals surface area contributed by atoms with Crippen molar-refractivity contribution < 1.29 is 0 Å². The van der Waals surface area contributed by atoms with Gasteiger partial charge in [0.25, 0.3) is 0 Å². The van der Waals surface area contributed by atoms with Crippen molar-refractivity contribution in [1.29, 1.82) is 0 Å². The zero-order valence-corrected chi connectivity index (χ0v) is 8.29. The van der Waals surface area contributed by atoms with Crippen LogP contribution in [0.5, 0.6) is 0 Å². The Hall–Kier alpha value is -1.46. The van der Waals surface area contributed by atoms with Crippen LogP contribution < -0.4 is 11.5 Å². The van der Waals surface area contributed by atoms with Crippen LogP contribution >= 0.6 is 11.3 Å². The Morgan fingerprint density at radius 2 is 2.21 bits per heavy atom. The molecular weight excluding hydrogens is 196 g/mol. The standard InChI is InChI=1S/C9H10N4S/c10-5-6-4-7(13-9(11)12-6)8-2-1-3-14-8/h1-4H,5,10H2,(H2,11,12,13). The zero-order chi connectivity index (χ0) is 9.97. The largest absolute Gasteiger partial charge is 0.368 e. The molecule has 2 heterocycles. The molecule has 0 fully saturated rings. The molecule has 0 aliphatic rings. The second-order valence-electron chi connectivity index (χ2n) is 2.78. The number of rotatable bonds is 2. The highest BCUT2D eigenvalue weighted by molar-refractivity contribution is 7.13. The second kappa shape index (κ2) is 3.73. The monoisotopic (exact) mass is 206 g/mol. The first-order valence-corrected chi connectivity index (χ1v) is 5.05. The third kappa shape index (κ3) is 1.73. The lowest BCUT2D eigenvalue weighted by Crippen LogP contribution is -2.04. The molecular formula is C9H10N4S. The van der Waals surface area contributed by atoms with Crippen LogP contribution in [0.3, 0.4) is 0 Å². The summed E-state index contributed by atoms with van der Waals surface area (Å²) in [5.74, 6) is 0.274. The van der Waals surface area contributed by atoms with Gasteiger partial charge in [0.2, 0.25) is 5.95 Å².